The SMILES string of the molecule is CN=C(NCc1ccccc1OCC1CC1)NCC(C)c1ccccc1OC. The molecule has 0 radical (unpaired) electrons. The van der Waals surface area contributed by atoms with E-state index in [4.69, 9.17) is 9.47 Å². The first-order valence-electron chi connectivity index (χ1n) is 9.99. The standard InChI is InChI=1S/C23H31N3O2/c1-17(20-9-5-7-11-22(20)27-3)14-25-23(24-2)26-15-19-8-4-6-10-21(19)28-16-18-12-13-18/h4-11,17-18H,12-16H2,1-3H3,(H2,24,25,26). The summed E-state index contributed by atoms with van der Waals surface area (Å²) in [6, 6.07) is 16.3. The minimum absolute atomic E-state index is 0.295. The van der Waals surface area contributed by atoms with Crippen molar-refractivity contribution in [2.75, 3.05) is 27.3 Å². The zero-order valence-corrected chi connectivity index (χ0v) is 17.1. The first kappa shape index (κ1) is 20.1. The minimum atomic E-state index is 0.295. The van der Waals surface area contributed by atoms with Crippen LogP contribution in [0, 0.1) is 5.92 Å². The predicted octanol–water partition coefficient (Wildman–Crippen LogP) is 3.95. The van der Waals surface area contributed by atoms with E-state index in [2.05, 4.69) is 34.7 Å². The van der Waals surface area contributed by atoms with Crippen LogP contribution in [-0.4, -0.2) is 33.3 Å². The fourth-order valence-corrected chi connectivity index (χ4v) is 3.12. The van der Waals surface area contributed by atoms with Crippen molar-refractivity contribution in [1.29, 1.82) is 0 Å². The van der Waals surface area contributed by atoms with E-state index in [-0.39, 0.29) is 0 Å². The number of nitrogens with one attached hydrogen (secondary N) is 2. The molecule has 3 rings (SSSR count). The highest BCUT2D eigenvalue weighted by Crippen LogP contribution is 2.30. The third-order valence-corrected chi connectivity index (χ3v) is 5.06. The molecule has 1 unspecified atom stereocenters. The number of hydrogen-bond donors (Lipinski definition) is 2. The Morgan fingerprint density at radius 3 is 2.50 bits per heavy atom. The first-order valence-corrected chi connectivity index (χ1v) is 9.99. The van der Waals surface area contributed by atoms with Crippen molar-refractivity contribution < 1.29 is 9.47 Å². The molecule has 1 atom stereocenters. The maximum Gasteiger partial charge on any atom is 0.191 e. The molecule has 1 aliphatic carbocycles. The highest BCUT2D eigenvalue weighted by molar-refractivity contribution is 5.79. The quantitative estimate of drug-likeness (QED) is 0.510. The summed E-state index contributed by atoms with van der Waals surface area (Å²) in [4.78, 5) is 4.35. The van der Waals surface area contributed by atoms with Gasteiger partial charge in [-0.05, 0) is 36.5 Å². The molecule has 5 heteroatoms. The van der Waals surface area contributed by atoms with Crippen molar-refractivity contribution in [3.63, 3.8) is 0 Å². The van der Waals surface area contributed by atoms with Crippen LogP contribution >= 0.6 is 0 Å². The fraction of sp³-hybridized carbons (Fsp3) is 0.435. The van der Waals surface area contributed by atoms with Gasteiger partial charge in [0, 0.05) is 31.6 Å². The molecule has 1 aliphatic rings. The van der Waals surface area contributed by atoms with Crippen LogP contribution in [0.25, 0.3) is 0 Å². The second-order valence-corrected chi connectivity index (χ2v) is 7.31. The Bertz CT molecular complexity index is 787. The third kappa shape index (κ3) is 5.65. The number of methoxy groups -OCH3 is 1. The highest BCUT2D eigenvalue weighted by atomic mass is 16.5. The molecule has 0 spiro atoms. The van der Waals surface area contributed by atoms with Gasteiger partial charge in [0.2, 0.25) is 0 Å². The van der Waals surface area contributed by atoms with Crippen molar-refractivity contribution in [3.05, 3.63) is 59.7 Å². The summed E-state index contributed by atoms with van der Waals surface area (Å²) in [5, 5.41) is 6.80. The second kappa shape index (κ2) is 10.0. The predicted molar refractivity (Wildman–Crippen MR) is 114 cm³/mol. The van der Waals surface area contributed by atoms with Gasteiger partial charge in [-0.15, -0.1) is 0 Å². The van der Waals surface area contributed by atoms with E-state index in [0.717, 1.165) is 42.1 Å². The van der Waals surface area contributed by atoms with Crippen LogP contribution < -0.4 is 20.1 Å². The van der Waals surface area contributed by atoms with Crippen LogP contribution in [0.3, 0.4) is 0 Å². The number of para-hydroxylation sites is 2. The lowest BCUT2D eigenvalue weighted by Crippen LogP contribution is -2.38. The summed E-state index contributed by atoms with van der Waals surface area (Å²) in [5.74, 6) is 3.69. The van der Waals surface area contributed by atoms with Crippen molar-refractivity contribution in [2.45, 2.75) is 32.2 Å². The topological polar surface area (TPSA) is 54.9 Å². The van der Waals surface area contributed by atoms with E-state index >= 15 is 0 Å². The Morgan fingerprint density at radius 2 is 1.79 bits per heavy atom. The van der Waals surface area contributed by atoms with Gasteiger partial charge in [0.15, 0.2) is 5.96 Å². The molecule has 2 aromatic carbocycles. The van der Waals surface area contributed by atoms with Gasteiger partial charge in [-0.2, -0.15) is 0 Å². The molecule has 0 aliphatic heterocycles. The van der Waals surface area contributed by atoms with Crippen molar-refractivity contribution in [1.82, 2.24) is 10.6 Å². The Kier molecular flexibility index (Phi) is 7.18. The largest absolute Gasteiger partial charge is 0.496 e. The monoisotopic (exact) mass is 381 g/mol. The number of guanidine groups is 1. The summed E-state index contributed by atoms with van der Waals surface area (Å²) >= 11 is 0. The summed E-state index contributed by atoms with van der Waals surface area (Å²) in [5.41, 5.74) is 2.33. The van der Waals surface area contributed by atoms with E-state index in [0.29, 0.717) is 12.5 Å². The van der Waals surface area contributed by atoms with Crippen LogP contribution in [0.5, 0.6) is 11.5 Å². The number of aliphatic imine (C=N–C) groups is 1. The van der Waals surface area contributed by atoms with Gasteiger partial charge < -0.3 is 20.1 Å². The number of ether oxygens (including phenoxy) is 2. The van der Waals surface area contributed by atoms with Crippen molar-refractivity contribution in [2.24, 2.45) is 10.9 Å². The summed E-state index contributed by atoms with van der Waals surface area (Å²) in [6.45, 7) is 4.43. The Balaban J connectivity index is 1.52. The number of benzene rings is 2. The maximum absolute atomic E-state index is 5.99. The van der Waals surface area contributed by atoms with E-state index in [9.17, 15) is 0 Å². The Hall–Kier alpha value is -2.69. The molecule has 0 amide bonds. The smallest absolute Gasteiger partial charge is 0.191 e. The first-order chi connectivity index (χ1) is 13.7. The van der Waals surface area contributed by atoms with Crippen LogP contribution in [0.4, 0.5) is 0 Å². The molecule has 0 heterocycles. The molecular weight excluding hydrogens is 350 g/mol. The lowest BCUT2D eigenvalue weighted by atomic mass is 10.0. The fourth-order valence-electron chi connectivity index (χ4n) is 3.12. The van der Waals surface area contributed by atoms with Gasteiger partial charge in [0.1, 0.15) is 11.5 Å². The van der Waals surface area contributed by atoms with Crippen molar-refractivity contribution >= 4 is 5.96 Å². The lowest BCUT2D eigenvalue weighted by Gasteiger charge is -2.19. The average Bonchev–Trinajstić information content (AvgIpc) is 3.57. The molecule has 2 N–H and O–H groups in total. The molecule has 150 valence electrons. The third-order valence-electron chi connectivity index (χ3n) is 5.06. The van der Waals surface area contributed by atoms with Crippen molar-refractivity contribution in [3.8, 4) is 11.5 Å². The zero-order valence-electron chi connectivity index (χ0n) is 17.1. The van der Waals surface area contributed by atoms with Crippen LogP contribution in [0.2, 0.25) is 0 Å². The molecule has 0 bridgehead atoms. The van der Waals surface area contributed by atoms with E-state index in [1.165, 1.54) is 18.4 Å². The van der Waals surface area contributed by atoms with Gasteiger partial charge in [-0.25, -0.2) is 0 Å². The number of nitrogens with zero attached hydrogens (tertiary/aromatic N) is 1. The van der Waals surface area contributed by atoms with E-state index in [1.807, 2.05) is 36.4 Å². The van der Waals surface area contributed by atoms with Gasteiger partial charge in [-0.1, -0.05) is 43.3 Å². The summed E-state index contributed by atoms with van der Waals surface area (Å²) < 4.78 is 11.5. The van der Waals surface area contributed by atoms with Crippen LogP contribution in [0.1, 0.15) is 36.8 Å². The second-order valence-electron chi connectivity index (χ2n) is 7.31. The number of hydrogen-bond acceptors (Lipinski definition) is 3. The summed E-state index contributed by atoms with van der Waals surface area (Å²) in [6.07, 6.45) is 2.59. The molecular formula is C23H31N3O2. The zero-order chi connectivity index (χ0) is 19.8. The molecule has 1 saturated carbocycles. The maximum atomic E-state index is 5.99. The number of rotatable bonds is 9. The molecule has 0 aromatic heterocycles. The van der Waals surface area contributed by atoms with Gasteiger partial charge in [-0.3, -0.25) is 4.99 Å². The molecule has 5 nitrogen and oxygen atoms in total. The van der Waals surface area contributed by atoms with Crippen LogP contribution in [0.15, 0.2) is 53.5 Å². The minimum Gasteiger partial charge on any atom is -0.496 e. The van der Waals surface area contributed by atoms with Crippen LogP contribution in [-0.2, 0) is 6.54 Å². The highest BCUT2D eigenvalue weighted by Gasteiger charge is 2.22. The molecule has 0 saturated heterocycles. The normalized spacial score (nSPS) is 15.0. The Labute approximate surface area is 168 Å². The van der Waals surface area contributed by atoms with Gasteiger partial charge >= 0.3 is 0 Å². The van der Waals surface area contributed by atoms with E-state index < -0.39 is 0 Å². The molecule has 28 heavy (non-hydrogen) atoms. The average molecular weight is 382 g/mol. The summed E-state index contributed by atoms with van der Waals surface area (Å²) in [7, 11) is 3.50. The van der Waals surface area contributed by atoms with E-state index in [1.54, 1.807) is 14.2 Å². The Morgan fingerprint density at radius 1 is 1.07 bits per heavy atom. The van der Waals surface area contributed by atoms with Gasteiger partial charge in [0.05, 0.1) is 13.7 Å². The van der Waals surface area contributed by atoms with Gasteiger partial charge in [0.25, 0.3) is 0 Å². The molecule has 2 aromatic rings. The molecule has 1 fully saturated rings. The lowest BCUT2D eigenvalue weighted by molar-refractivity contribution is 0.296.